The van der Waals surface area contributed by atoms with Crippen molar-refractivity contribution in [3.63, 3.8) is 0 Å². The predicted molar refractivity (Wildman–Crippen MR) is 73.9 cm³/mol. The highest BCUT2D eigenvalue weighted by atomic mass is 16.5. The Morgan fingerprint density at radius 1 is 1.15 bits per heavy atom. The minimum atomic E-state index is -0.501. The van der Waals surface area contributed by atoms with Crippen LogP contribution in [0.2, 0.25) is 0 Å². The number of likely N-dealkylation sites (tertiary alicyclic amines) is 1. The van der Waals surface area contributed by atoms with Crippen molar-refractivity contribution in [3.8, 4) is 0 Å². The number of nitrogens with zero attached hydrogens (tertiary/aromatic N) is 2. The molecule has 1 saturated heterocycles. The molecule has 0 aromatic heterocycles. The van der Waals surface area contributed by atoms with E-state index in [9.17, 15) is 14.4 Å². The first-order chi connectivity index (χ1) is 9.40. The maximum absolute atomic E-state index is 11.9. The Labute approximate surface area is 120 Å². The van der Waals surface area contributed by atoms with Crippen molar-refractivity contribution >= 4 is 17.8 Å². The summed E-state index contributed by atoms with van der Waals surface area (Å²) in [6, 6.07) is 0. The topological polar surface area (TPSA) is 66.9 Å². The summed E-state index contributed by atoms with van der Waals surface area (Å²) in [5.74, 6) is -0.109. The van der Waals surface area contributed by atoms with E-state index in [1.54, 1.807) is 19.0 Å². The molecule has 0 aliphatic carbocycles. The number of amides is 2. The number of ether oxygens (including phenoxy) is 1. The Morgan fingerprint density at radius 3 is 2.30 bits per heavy atom. The zero-order chi connectivity index (χ0) is 15.1. The van der Waals surface area contributed by atoms with E-state index in [0.29, 0.717) is 5.92 Å². The van der Waals surface area contributed by atoms with Crippen molar-refractivity contribution in [3.05, 3.63) is 0 Å². The van der Waals surface area contributed by atoms with Crippen LogP contribution in [0.25, 0.3) is 0 Å². The van der Waals surface area contributed by atoms with Crippen LogP contribution in [0.3, 0.4) is 0 Å². The van der Waals surface area contributed by atoms with E-state index in [2.05, 4.69) is 6.92 Å². The van der Waals surface area contributed by atoms with Crippen LogP contribution in [0.5, 0.6) is 0 Å². The van der Waals surface area contributed by atoms with Crippen LogP contribution in [0, 0.1) is 5.92 Å². The molecule has 0 N–H and O–H groups in total. The minimum absolute atomic E-state index is 0.00668. The molecular formula is C14H24N2O4. The van der Waals surface area contributed by atoms with Gasteiger partial charge in [-0.05, 0) is 18.8 Å². The third kappa shape index (κ3) is 5.59. The van der Waals surface area contributed by atoms with E-state index in [4.69, 9.17) is 4.74 Å². The van der Waals surface area contributed by atoms with Gasteiger partial charge in [-0.2, -0.15) is 0 Å². The van der Waals surface area contributed by atoms with Gasteiger partial charge in [0.2, 0.25) is 5.91 Å². The zero-order valence-electron chi connectivity index (χ0n) is 12.6. The van der Waals surface area contributed by atoms with Gasteiger partial charge in [0, 0.05) is 33.6 Å². The summed E-state index contributed by atoms with van der Waals surface area (Å²) in [5, 5.41) is 0. The van der Waals surface area contributed by atoms with E-state index in [1.165, 1.54) is 4.90 Å². The Bertz CT molecular complexity index is 360. The Balaban J connectivity index is 2.20. The van der Waals surface area contributed by atoms with Gasteiger partial charge in [0.15, 0.2) is 6.61 Å². The molecule has 1 rings (SSSR count). The second kappa shape index (κ2) is 7.87. The van der Waals surface area contributed by atoms with Crippen LogP contribution in [-0.4, -0.2) is 61.4 Å². The average molecular weight is 284 g/mol. The molecule has 1 aliphatic rings. The summed E-state index contributed by atoms with van der Waals surface area (Å²) in [7, 11) is 3.19. The molecule has 114 valence electrons. The van der Waals surface area contributed by atoms with Crippen LogP contribution in [0.4, 0.5) is 0 Å². The van der Waals surface area contributed by atoms with E-state index < -0.39 is 5.97 Å². The third-order valence-corrected chi connectivity index (χ3v) is 3.53. The fourth-order valence-corrected chi connectivity index (χ4v) is 1.97. The molecule has 0 spiro atoms. The molecule has 20 heavy (non-hydrogen) atoms. The molecule has 0 aromatic rings. The first-order valence-corrected chi connectivity index (χ1v) is 7.03. The highest BCUT2D eigenvalue weighted by molar-refractivity contribution is 5.83. The second-order valence-electron chi connectivity index (χ2n) is 5.51. The Kier molecular flexibility index (Phi) is 6.48. The molecule has 1 heterocycles. The van der Waals surface area contributed by atoms with Crippen LogP contribution in [0.1, 0.15) is 32.6 Å². The highest BCUT2D eigenvalue weighted by Crippen LogP contribution is 2.16. The predicted octanol–water partition coefficient (Wildman–Crippen LogP) is 0.656. The maximum atomic E-state index is 11.9. The van der Waals surface area contributed by atoms with Gasteiger partial charge in [-0.25, -0.2) is 0 Å². The first-order valence-electron chi connectivity index (χ1n) is 7.03. The van der Waals surface area contributed by atoms with Crippen LogP contribution < -0.4 is 0 Å². The van der Waals surface area contributed by atoms with Gasteiger partial charge in [-0.15, -0.1) is 0 Å². The smallest absolute Gasteiger partial charge is 0.306 e. The Morgan fingerprint density at radius 2 is 1.75 bits per heavy atom. The second-order valence-corrected chi connectivity index (χ2v) is 5.51. The first kappa shape index (κ1) is 16.5. The van der Waals surface area contributed by atoms with E-state index in [1.807, 2.05) is 0 Å². The SMILES string of the molecule is CC1CCN(C(=O)CCC(=O)OCC(=O)N(C)C)CC1. The normalized spacial score (nSPS) is 15.8. The Hall–Kier alpha value is -1.59. The van der Waals surface area contributed by atoms with Gasteiger partial charge < -0.3 is 14.5 Å². The standard InChI is InChI=1S/C14H24N2O4/c1-11-6-8-16(9-7-11)12(17)4-5-14(19)20-10-13(18)15(2)3/h11H,4-10H2,1-3H3. The fourth-order valence-electron chi connectivity index (χ4n) is 1.97. The molecule has 1 aliphatic heterocycles. The molecule has 1 fully saturated rings. The summed E-state index contributed by atoms with van der Waals surface area (Å²) in [5.41, 5.74) is 0. The van der Waals surface area contributed by atoms with Crippen LogP contribution in [0.15, 0.2) is 0 Å². The van der Waals surface area contributed by atoms with Gasteiger partial charge in [0.25, 0.3) is 5.91 Å². The van der Waals surface area contributed by atoms with Gasteiger partial charge in [0.1, 0.15) is 0 Å². The van der Waals surface area contributed by atoms with Crippen molar-refractivity contribution in [2.75, 3.05) is 33.8 Å². The maximum Gasteiger partial charge on any atom is 0.306 e. The fraction of sp³-hybridized carbons (Fsp3) is 0.786. The summed E-state index contributed by atoms with van der Waals surface area (Å²) < 4.78 is 4.82. The molecular weight excluding hydrogens is 260 g/mol. The van der Waals surface area contributed by atoms with E-state index in [-0.39, 0.29) is 31.3 Å². The van der Waals surface area contributed by atoms with Gasteiger partial charge >= 0.3 is 5.97 Å². The molecule has 2 amide bonds. The van der Waals surface area contributed by atoms with Gasteiger partial charge in [-0.1, -0.05) is 6.92 Å². The largest absolute Gasteiger partial charge is 0.456 e. The quantitative estimate of drug-likeness (QED) is 0.695. The van der Waals surface area contributed by atoms with Crippen LogP contribution >= 0.6 is 0 Å². The molecule has 0 aromatic carbocycles. The van der Waals surface area contributed by atoms with Crippen molar-refractivity contribution in [2.24, 2.45) is 5.92 Å². The lowest BCUT2D eigenvalue weighted by Crippen LogP contribution is -2.38. The molecule has 0 saturated carbocycles. The summed E-state index contributed by atoms with van der Waals surface area (Å²) >= 11 is 0. The summed E-state index contributed by atoms with van der Waals surface area (Å²) in [6.07, 6.45) is 2.23. The molecule has 0 atom stereocenters. The molecule has 6 heteroatoms. The van der Waals surface area contributed by atoms with Crippen molar-refractivity contribution < 1.29 is 19.1 Å². The van der Waals surface area contributed by atoms with Crippen LogP contribution in [-0.2, 0) is 19.1 Å². The number of carbonyl (C=O) groups excluding carboxylic acids is 3. The number of carbonyl (C=O) groups is 3. The zero-order valence-corrected chi connectivity index (χ0v) is 12.6. The van der Waals surface area contributed by atoms with Gasteiger partial charge in [-0.3, -0.25) is 14.4 Å². The van der Waals surface area contributed by atoms with Crippen molar-refractivity contribution in [1.82, 2.24) is 9.80 Å². The monoisotopic (exact) mass is 284 g/mol. The number of hydrogen-bond acceptors (Lipinski definition) is 4. The van der Waals surface area contributed by atoms with Crippen molar-refractivity contribution in [1.29, 1.82) is 0 Å². The lowest BCUT2D eigenvalue weighted by Gasteiger charge is -2.30. The van der Waals surface area contributed by atoms with E-state index >= 15 is 0 Å². The third-order valence-electron chi connectivity index (χ3n) is 3.53. The molecule has 0 radical (unpaired) electrons. The summed E-state index contributed by atoms with van der Waals surface area (Å²) in [6.45, 7) is 3.46. The van der Waals surface area contributed by atoms with Gasteiger partial charge in [0.05, 0.1) is 6.42 Å². The minimum Gasteiger partial charge on any atom is -0.456 e. The average Bonchev–Trinajstić information content (AvgIpc) is 2.42. The number of likely N-dealkylation sites (N-methyl/N-ethyl adjacent to an activating group) is 1. The molecule has 6 nitrogen and oxygen atoms in total. The van der Waals surface area contributed by atoms with E-state index in [0.717, 1.165) is 25.9 Å². The lowest BCUT2D eigenvalue weighted by molar-refractivity contribution is -0.152. The number of rotatable bonds is 5. The molecule has 0 unspecified atom stereocenters. The number of piperidine rings is 1. The highest BCUT2D eigenvalue weighted by Gasteiger charge is 2.21. The summed E-state index contributed by atoms with van der Waals surface area (Å²) in [4.78, 5) is 37.7. The number of esters is 1. The molecule has 0 bridgehead atoms. The lowest BCUT2D eigenvalue weighted by atomic mass is 9.99. The van der Waals surface area contributed by atoms with Crippen molar-refractivity contribution in [2.45, 2.75) is 32.6 Å². The number of hydrogen-bond donors (Lipinski definition) is 0.